The maximum absolute atomic E-state index is 11.8. The number of hydrogen-bond donors (Lipinski definition) is 3. The van der Waals surface area contributed by atoms with Crippen LogP contribution in [0, 0.1) is 17.8 Å². The standard InChI is InChI=1S/C14H25N3O/c18-14(17-13-11-8-15-9-12(11)13)16-7-10-5-3-1-2-4-6-10/h10-13,15H,1-9H2,(H2,16,17,18)/t11-,12+,13?. The van der Waals surface area contributed by atoms with Crippen molar-refractivity contribution in [2.45, 2.75) is 44.6 Å². The van der Waals surface area contributed by atoms with E-state index < -0.39 is 0 Å². The molecule has 0 aromatic rings. The first kappa shape index (κ1) is 12.3. The van der Waals surface area contributed by atoms with Crippen LogP contribution < -0.4 is 16.0 Å². The fraction of sp³-hybridized carbons (Fsp3) is 0.929. The zero-order valence-electron chi connectivity index (χ0n) is 11.1. The topological polar surface area (TPSA) is 53.2 Å². The highest BCUT2D eigenvalue weighted by Gasteiger charge is 2.53. The summed E-state index contributed by atoms with van der Waals surface area (Å²) in [4.78, 5) is 11.8. The molecular weight excluding hydrogens is 226 g/mol. The van der Waals surface area contributed by atoms with Crippen LogP contribution in [0.2, 0.25) is 0 Å². The molecule has 0 spiro atoms. The van der Waals surface area contributed by atoms with Crippen LogP contribution in [0.25, 0.3) is 0 Å². The molecule has 1 saturated heterocycles. The summed E-state index contributed by atoms with van der Waals surface area (Å²) in [6.45, 7) is 3.03. The lowest BCUT2D eigenvalue weighted by molar-refractivity contribution is 0.236. The predicted molar refractivity (Wildman–Crippen MR) is 71.4 cm³/mol. The first-order valence-electron chi connectivity index (χ1n) is 7.59. The van der Waals surface area contributed by atoms with Gasteiger partial charge in [-0.25, -0.2) is 4.79 Å². The number of piperidine rings is 1. The zero-order valence-corrected chi connectivity index (χ0v) is 11.1. The van der Waals surface area contributed by atoms with Gasteiger partial charge in [-0.1, -0.05) is 25.7 Å². The molecule has 2 saturated carbocycles. The Bertz CT molecular complexity index is 289. The van der Waals surface area contributed by atoms with Gasteiger partial charge in [-0.3, -0.25) is 0 Å². The van der Waals surface area contributed by atoms with Gasteiger partial charge in [-0.2, -0.15) is 0 Å². The molecule has 1 heterocycles. The van der Waals surface area contributed by atoms with E-state index in [4.69, 9.17) is 0 Å². The van der Waals surface area contributed by atoms with Crippen LogP contribution in [-0.4, -0.2) is 31.7 Å². The van der Waals surface area contributed by atoms with Gasteiger partial charge in [0.1, 0.15) is 0 Å². The first-order chi connectivity index (χ1) is 8.84. The van der Waals surface area contributed by atoms with Gasteiger partial charge in [-0.05, 0) is 30.6 Å². The van der Waals surface area contributed by atoms with E-state index in [9.17, 15) is 4.79 Å². The zero-order chi connectivity index (χ0) is 12.4. The van der Waals surface area contributed by atoms with Crippen molar-refractivity contribution in [3.63, 3.8) is 0 Å². The van der Waals surface area contributed by atoms with Gasteiger partial charge in [0.15, 0.2) is 0 Å². The normalized spacial score (nSPS) is 35.7. The molecule has 3 atom stereocenters. The minimum atomic E-state index is 0.0543. The number of fused-ring (bicyclic) bond motifs is 1. The highest BCUT2D eigenvalue weighted by molar-refractivity contribution is 5.74. The summed E-state index contributed by atoms with van der Waals surface area (Å²) < 4.78 is 0. The van der Waals surface area contributed by atoms with Crippen LogP contribution in [0.3, 0.4) is 0 Å². The van der Waals surface area contributed by atoms with Crippen molar-refractivity contribution in [1.29, 1.82) is 0 Å². The number of carbonyl (C=O) groups excluding carboxylic acids is 1. The Hall–Kier alpha value is -0.770. The Labute approximate surface area is 109 Å². The molecule has 4 heteroatoms. The molecule has 102 valence electrons. The van der Waals surface area contributed by atoms with Crippen molar-refractivity contribution in [3.05, 3.63) is 0 Å². The Kier molecular flexibility index (Phi) is 3.73. The monoisotopic (exact) mass is 251 g/mol. The van der Waals surface area contributed by atoms with Crippen molar-refractivity contribution < 1.29 is 4.79 Å². The number of amides is 2. The van der Waals surface area contributed by atoms with Crippen LogP contribution in [0.15, 0.2) is 0 Å². The fourth-order valence-electron chi connectivity index (χ4n) is 3.64. The predicted octanol–water partition coefficient (Wildman–Crippen LogP) is 1.47. The molecule has 3 aliphatic rings. The molecule has 3 fully saturated rings. The Morgan fingerprint density at radius 2 is 1.72 bits per heavy atom. The van der Waals surface area contributed by atoms with Crippen molar-refractivity contribution >= 4 is 6.03 Å². The molecule has 0 radical (unpaired) electrons. The van der Waals surface area contributed by atoms with E-state index in [-0.39, 0.29) is 6.03 Å². The van der Waals surface area contributed by atoms with E-state index in [1.54, 1.807) is 0 Å². The third-order valence-corrected chi connectivity index (χ3v) is 4.92. The van der Waals surface area contributed by atoms with Gasteiger partial charge < -0.3 is 16.0 Å². The van der Waals surface area contributed by atoms with E-state index in [0.717, 1.165) is 19.6 Å². The third-order valence-electron chi connectivity index (χ3n) is 4.92. The second kappa shape index (κ2) is 5.47. The molecule has 2 aliphatic carbocycles. The summed E-state index contributed by atoms with van der Waals surface area (Å²) in [6.07, 6.45) is 8.01. The smallest absolute Gasteiger partial charge is 0.315 e. The Morgan fingerprint density at radius 1 is 1.06 bits per heavy atom. The Balaban J connectivity index is 1.34. The van der Waals surface area contributed by atoms with Crippen molar-refractivity contribution in [1.82, 2.24) is 16.0 Å². The third kappa shape index (κ3) is 2.79. The lowest BCUT2D eigenvalue weighted by atomic mass is 10.0. The van der Waals surface area contributed by atoms with Crippen molar-refractivity contribution in [2.24, 2.45) is 17.8 Å². The molecule has 18 heavy (non-hydrogen) atoms. The van der Waals surface area contributed by atoms with Gasteiger partial charge in [0.05, 0.1) is 0 Å². The molecule has 1 unspecified atom stereocenters. The summed E-state index contributed by atoms with van der Waals surface area (Å²) in [7, 11) is 0. The number of nitrogens with one attached hydrogen (secondary N) is 3. The van der Waals surface area contributed by atoms with Gasteiger partial charge in [0.25, 0.3) is 0 Å². The number of rotatable bonds is 3. The minimum absolute atomic E-state index is 0.0543. The second-order valence-corrected chi connectivity index (χ2v) is 6.22. The van der Waals surface area contributed by atoms with Crippen molar-refractivity contribution in [3.8, 4) is 0 Å². The van der Waals surface area contributed by atoms with E-state index in [0.29, 0.717) is 23.8 Å². The molecule has 1 aliphatic heterocycles. The van der Waals surface area contributed by atoms with E-state index in [1.807, 2.05) is 0 Å². The molecule has 4 nitrogen and oxygen atoms in total. The van der Waals surface area contributed by atoms with Gasteiger partial charge >= 0.3 is 6.03 Å². The summed E-state index contributed by atoms with van der Waals surface area (Å²) in [6, 6.07) is 0.499. The molecule has 0 aromatic carbocycles. The number of carbonyl (C=O) groups is 1. The Morgan fingerprint density at radius 3 is 2.39 bits per heavy atom. The molecule has 2 amide bonds. The average Bonchev–Trinajstić information content (AvgIpc) is 2.89. The minimum Gasteiger partial charge on any atom is -0.338 e. The van der Waals surface area contributed by atoms with Crippen LogP contribution in [0.1, 0.15) is 38.5 Å². The van der Waals surface area contributed by atoms with E-state index >= 15 is 0 Å². The molecule has 0 aromatic heterocycles. The highest BCUT2D eigenvalue weighted by atomic mass is 16.2. The lowest BCUT2D eigenvalue weighted by Gasteiger charge is -2.15. The van der Waals surface area contributed by atoms with Crippen LogP contribution in [0.5, 0.6) is 0 Å². The van der Waals surface area contributed by atoms with Crippen LogP contribution >= 0.6 is 0 Å². The number of urea groups is 1. The quantitative estimate of drug-likeness (QED) is 0.665. The van der Waals surface area contributed by atoms with E-state index in [1.165, 1.54) is 38.5 Å². The van der Waals surface area contributed by atoms with Gasteiger partial charge in [0.2, 0.25) is 0 Å². The SMILES string of the molecule is O=C(NCC1CCCCCC1)NC1[C@H]2CNC[C@@H]12. The van der Waals surface area contributed by atoms with Crippen LogP contribution in [-0.2, 0) is 0 Å². The first-order valence-corrected chi connectivity index (χ1v) is 7.59. The lowest BCUT2D eigenvalue weighted by Crippen LogP contribution is -2.41. The van der Waals surface area contributed by atoms with E-state index in [2.05, 4.69) is 16.0 Å². The fourth-order valence-corrected chi connectivity index (χ4v) is 3.64. The highest BCUT2D eigenvalue weighted by Crippen LogP contribution is 2.41. The maximum Gasteiger partial charge on any atom is 0.315 e. The van der Waals surface area contributed by atoms with Gasteiger partial charge in [-0.15, -0.1) is 0 Å². The summed E-state index contributed by atoms with van der Waals surface area (Å²) in [5.41, 5.74) is 0. The summed E-state index contributed by atoms with van der Waals surface area (Å²) >= 11 is 0. The maximum atomic E-state index is 11.8. The summed E-state index contributed by atoms with van der Waals surface area (Å²) in [5, 5.41) is 9.54. The number of hydrogen-bond acceptors (Lipinski definition) is 2. The van der Waals surface area contributed by atoms with Crippen LogP contribution in [0.4, 0.5) is 4.79 Å². The van der Waals surface area contributed by atoms with Gasteiger partial charge in [0, 0.05) is 25.7 Å². The molecular formula is C14H25N3O. The average molecular weight is 251 g/mol. The molecule has 0 bridgehead atoms. The molecule has 3 N–H and O–H groups in total. The second-order valence-electron chi connectivity index (χ2n) is 6.22. The molecule has 3 rings (SSSR count). The largest absolute Gasteiger partial charge is 0.338 e. The summed E-state index contributed by atoms with van der Waals surface area (Å²) in [5.74, 6) is 2.11. The van der Waals surface area contributed by atoms with Crippen molar-refractivity contribution in [2.75, 3.05) is 19.6 Å².